The van der Waals surface area contributed by atoms with Crippen molar-refractivity contribution in [1.29, 1.82) is 0 Å². The van der Waals surface area contributed by atoms with E-state index in [9.17, 15) is 4.39 Å². The van der Waals surface area contributed by atoms with E-state index in [2.05, 4.69) is 17.1 Å². The molecule has 2 saturated heterocycles. The number of hydrogen-bond donors (Lipinski definition) is 1. The zero-order valence-corrected chi connectivity index (χ0v) is 9.01. The zero-order valence-electron chi connectivity index (χ0n) is 9.01. The Labute approximate surface area is 85.9 Å². The molecule has 14 heavy (non-hydrogen) atoms. The lowest BCUT2D eigenvalue weighted by Gasteiger charge is -2.31. The van der Waals surface area contributed by atoms with Gasteiger partial charge in [0.05, 0.1) is 0 Å². The van der Waals surface area contributed by atoms with Crippen LogP contribution in [0.25, 0.3) is 0 Å². The highest BCUT2D eigenvalue weighted by Crippen LogP contribution is 2.20. The molecule has 0 amide bonds. The van der Waals surface area contributed by atoms with Crippen molar-refractivity contribution in [3.63, 3.8) is 0 Å². The van der Waals surface area contributed by atoms with Crippen molar-refractivity contribution in [3.05, 3.63) is 0 Å². The second-order valence-electron chi connectivity index (χ2n) is 4.77. The van der Waals surface area contributed by atoms with Gasteiger partial charge in [0.25, 0.3) is 0 Å². The Hall–Kier alpha value is -0.150. The summed E-state index contributed by atoms with van der Waals surface area (Å²) in [6.45, 7) is 6.51. The number of halogens is 1. The van der Waals surface area contributed by atoms with E-state index in [4.69, 9.17) is 0 Å². The molecule has 82 valence electrons. The van der Waals surface area contributed by atoms with E-state index >= 15 is 0 Å². The lowest BCUT2D eigenvalue weighted by atomic mass is 10.00. The predicted molar refractivity (Wildman–Crippen MR) is 56.1 cm³/mol. The molecule has 2 aliphatic heterocycles. The number of piperidine rings is 1. The van der Waals surface area contributed by atoms with Gasteiger partial charge in [-0.15, -0.1) is 0 Å². The molecular weight excluding hydrogens is 179 g/mol. The molecule has 1 N–H and O–H groups in total. The molecule has 0 aromatic rings. The first-order valence-electron chi connectivity index (χ1n) is 5.85. The van der Waals surface area contributed by atoms with E-state index in [1.54, 1.807) is 0 Å². The van der Waals surface area contributed by atoms with Crippen LogP contribution in [0.5, 0.6) is 0 Å². The standard InChI is InChI=1S/C11H21FN2/c1-9-10(2-5-13-9)8-14-6-3-11(12)4-7-14/h9-11,13H,2-8H2,1H3. The van der Waals surface area contributed by atoms with E-state index in [1.807, 2.05) is 0 Å². The van der Waals surface area contributed by atoms with E-state index in [0.717, 1.165) is 38.4 Å². The summed E-state index contributed by atoms with van der Waals surface area (Å²) in [6, 6.07) is 0.651. The topological polar surface area (TPSA) is 15.3 Å². The SMILES string of the molecule is CC1NCCC1CN1CCC(F)CC1. The third-order valence-corrected chi connectivity index (χ3v) is 3.70. The maximum absolute atomic E-state index is 12.9. The number of rotatable bonds is 2. The minimum atomic E-state index is -0.537. The minimum absolute atomic E-state index is 0.537. The third kappa shape index (κ3) is 2.45. The number of alkyl halides is 1. The van der Waals surface area contributed by atoms with Crippen LogP contribution in [0.2, 0.25) is 0 Å². The fourth-order valence-electron chi connectivity index (χ4n) is 2.58. The molecule has 0 aromatic carbocycles. The zero-order chi connectivity index (χ0) is 9.97. The van der Waals surface area contributed by atoms with Gasteiger partial charge >= 0.3 is 0 Å². The maximum Gasteiger partial charge on any atom is 0.103 e. The van der Waals surface area contributed by atoms with E-state index in [0.29, 0.717) is 6.04 Å². The van der Waals surface area contributed by atoms with Gasteiger partial charge in [0, 0.05) is 25.7 Å². The first-order chi connectivity index (χ1) is 6.75. The van der Waals surface area contributed by atoms with Gasteiger partial charge in [0.1, 0.15) is 6.17 Å². The molecule has 0 aliphatic carbocycles. The van der Waals surface area contributed by atoms with Crippen molar-refractivity contribution in [1.82, 2.24) is 10.2 Å². The van der Waals surface area contributed by atoms with Crippen LogP contribution in [-0.2, 0) is 0 Å². The number of likely N-dealkylation sites (tertiary alicyclic amines) is 1. The fraction of sp³-hybridized carbons (Fsp3) is 1.00. The normalized spacial score (nSPS) is 36.4. The molecule has 0 radical (unpaired) electrons. The number of hydrogen-bond acceptors (Lipinski definition) is 2. The largest absolute Gasteiger partial charge is 0.314 e. The first kappa shape index (κ1) is 10.4. The molecule has 0 aromatic heterocycles. The van der Waals surface area contributed by atoms with Gasteiger partial charge in [0.2, 0.25) is 0 Å². The minimum Gasteiger partial charge on any atom is -0.314 e. The molecule has 2 rings (SSSR count). The Bertz CT molecular complexity index is 178. The van der Waals surface area contributed by atoms with Crippen LogP contribution >= 0.6 is 0 Å². The molecule has 2 atom stereocenters. The van der Waals surface area contributed by atoms with Gasteiger partial charge in [0.15, 0.2) is 0 Å². The second kappa shape index (κ2) is 4.58. The van der Waals surface area contributed by atoms with Crippen molar-refractivity contribution in [2.75, 3.05) is 26.2 Å². The predicted octanol–water partition coefficient (Wildman–Crippen LogP) is 1.42. The van der Waals surface area contributed by atoms with Crippen molar-refractivity contribution in [3.8, 4) is 0 Å². The quantitative estimate of drug-likeness (QED) is 0.725. The number of nitrogens with zero attached hydrogens (tertiary/aromatic N) is 1. The Morgan fingerprint density at radius 2 is 2.00 bits per heavy atom. The van der Waals surface area contributed by atoms with Gasteiger partial charge < -0.3 is 10.2 Å². The Morgan fingerprint density at radius 1 is 1.29 bits per heavy atom. The molecule has 3 heteroatoms. The van der Waals surface area contributed by atoms with Gasteiger partial charge in [-0.1, -0.05) is 0 Å². The van der Waals surface area contributed by atoms with Crippen LogP contribution in [0, 0.1) is 5.92 Å². The Morgan fingerprint density at radius 3 is 2.57 bits per heavy atom. The molecule has 2 fully saturated rings. The number of nitrogens with one attached hydrogen (secondary N) is 1. The summed E-state index contributed by atoms with van der Waals surface area (Å²) < 4.78 is 12.9. The van der Waals surface area contributed by atoms with Crippen molar-refractivity contribution >= 4 is 0 Å². The average molecular weight is 200 g/mol. The molecule has 0 bridgehead atoms. The first-order valence-corrected chi connectivity index (χ1v) is 5.85. The molecule has 2 aliphatic rings. The summed E-state index contributed by atoms with van der Waals surface area (Å²) in [7, 11) is 0. The van der Waals surface area contributed by atoms with Crippen molar-refractivity contribution in [2.45, 2.75) is 38.4 Å². The monoisotopic (exact) mass is 200 g/mol. The fourth-order valence-corrected chi connectivity index (χ4v) is 2.58. The lowest BCUT2D eigenvalue weighted by Crippen LogP contribution is -2.40. The van der Waals surface area contributed by atoms with Gasteiger partial charge in [-0.2, -0.15) is 0 Å². The summed E-state index contributed by atoms with van der Waals surface area (Å²) in [5.74, 6) is 0.783. The third-order valence-electron chi connectivity index (χ3n) is 3.70. The summed E-state index contributed by atoms with van der Waals surface area (Å²) in [5.41, 5.74) is 0. The van der Waals surface area contributed by atoms with E-state index in [1.165, 1.54) is 13.0 Å². The van der Waals surface area contributed by atoms with E-state index < -0.39 is 6.17 Å². The Kier molecular flexibility index (Phi) is 3.39. The lowest BCUT2D eigenvalue weighted by molar-refractivity contribution is 0.132. The van der Waals surface area contributed by atoms with Gasteiger partial charge in [-0.05, 0) is 38.6 Å². The Balaban J connectivity index is 1.74. The summed E-state index contributed by atoms with van der Waals surface area (Å²) in [5, 5.41) is 3.47. The highest BCUT2D eigenvalue weighted by Gasteiger charge is 2.26. The highest BCUT2D eigenvalue weighted by atomic mass is 19.1. The van der Waals surface area contributed by atoms with Crippen molar-refractivity contribution in [2.24, 2.45) is 5.92 Å². The van der Waals surface area contributed by atoms with Crippen LogP contribution < -0.4 is 5.32 Å². The molecule has 2 nitrogen and oxygen atoms in total. The molecule has 2 heterocycles. The van der Waals surface area contributed by atoms with Gasteiger partial charge in [-0.25, -0.2) is 4.39 Å². The van der Waals surface area contributed by atoms with Crippen molar-refractivity contribution < 1.29 is 4.39 Å². The van der Waals surface area contributed by atoms with Gasteiger partial charge in [-0.3, -0.25) is 0 Å². The molecule has 0 spiro atoms. The van der Waals surface area contributed by atoms with Crippen LogP contribution in [0.15, 0.2) is 0 Å². The second-order valence-corrected chi connectivity index (χ2v) is 4.77. The van der Waals surface area contributed by atoms with Crippen LogP contribution in [0.3, 0.4) is 0 Å². The molecular formula is C11H21FN2. The van der Waals surface area contributed by atoms with Crippen LogP contribution in [-0.4, -0.2) is 43.3 Å². The smallest absolute Gasteiger partial charge is 0.103 e. The molecule has 2 unspecified atom stereocenters. The van der Waals surface area contributed by atoms with Crippen LogP contribution in [0.1, 0.15) is 26.2 Å². The maximum atomic E-state index is 12.9. The average Bonchev–Trinajstić information content (AvgIpc) is 2.56. The summed E-state index contributed by atoms with van der Waals surface area (Å²) in [6.07, 6.45) is 2.24. The summed E-state index contributed by atoms with van der Waals surface area (Å²) in [4.78, 5) is 2.43. The molecule has 0 saturated carbocycles. The summed E-state index contributed by atoms with van der Waals surface area (Å²) >= 11 is 0. The van der Waals surface area contributed by atoms with Crippen LogP contribution in [0.4, 0.5) is 4.39 Å². The van der Waals surface area contributed by atoms with E-state index in [-0.39, 0.29) is 0 Å². The highest BCUT2D eigenvalue weighted by molar-refractivity contribution is 4.84.